The molecule has 0 aromatic heterocycles. The van der Waals surface area contributed by atoms with Gasteiger partial charge in [0.15, 0.2) is 11.5 Å². The molecule has 0 bridgehead atoms. The standard InChI is InChI=1S/C23H29NO4/c1-6-28-20-13-7-17(15-21(20)27-5)8-14-22(25)24-23(16(2)3)18-9-11-19(26-4)12-10-18/h7-16,23H,6H2,1-5H3,(H,24,25)/b14-8+. The lowest BCUT2D eigenvalue weighted by Gasteiger charge is -2.22. The normalized spacial score (nSPS) is 12.1. The van der Waals surface area contributed by atoms with Gasteiger partial charge in [0, 0.05) is 6.08 Å². The molecule has 28 heavy (non-hydrogen) atoms. The van der Waals surface area contributed by atoms with Crippen LogP contribution >= 0.6 is 0 Å². The van der Waals surface area contributed by atoms with Crippen molar-refractivity contribution in [2.24, 2.45) is 5.92 Å². The summed E-state index contributed by atoms with van der Waals surface area (Å²) in [6, 6.07) is 13.2. The van der Waals surface area contributed by atoms with E-state index in [1.165, 1.54) is 6.08 Å². The fourth-order valence-corrected chi connectivity index (χ4v) is 2.88. The zero-order valence-electron chi connectivity index (χ0n) is 17.2. The number of nitrogens with one attached hydrogen (secondary N) is 1. The molecular formula is C23H29NO4. The first-order chi connectivity index (χ1) is 13.5. The fraction of sp³-hybridized carbons (Fsp3) is 0.348. The van der Waals surface area contributed by atoms with E-state index in [4.69, 9.17) is 14.2 Å². The Kier molecular flexibility index (Phi) is 7.93. The molecule has 0 saturated heterocycles. The molecule has 0 aliphatic carbocycles. The highest BCUT2D eigenvalue weighted by Gasteiger charge is 2.17. The van der Waals surface area contributed by atoms with Crippen LogP contribution in [0.25, 0.3) is 6.08 Å². The lowest BCUT2D eigenvalue weighted by atomic mass is 9.96. The molecule has 0 aliphatic rings. The molecule has 0 spiro atoms. The van der Waals surface area contributed by atoms with Crippen LogP contribution in [-0.4, -0.2) is 26.7 Å². The van der Waals surface area contributed by atoms with Gasteiger partial charge in [-0.2, -0.15) is 0 Å². The van der Waals surface area contributed by atoms with Gasteiger partial charge >= 0.3 is 0 Å². The number of benzene rings is 2. The Morgan fingerprint density at radius 1 is 1.04 bits per heavy atom. The zero-order valence-corrected chi connectivity index (χ0v) is 17.2. The summed E-state index contributed by atoms with van der Waals surface area (Å²) in [6.07, 6.45) is 3.30. The number of carbonyl (C=O) groups is 1. The Hall–Kier alpha value is -2.95. The van der Waals surface area contributed by atoms with E-state index >= 15 is 0 Å². The lowest BCUT2D eigenvalue weighted by Crippen LogP contribution is -2.30. The van der Waals surface area contributed by atoms with E-state index in [0.29, 0.717) is 18.1 Å². The van der Waals surface area contributed by atoms with Crippen LogP contribution in [0.3, 0.4) is 0 Å². The Bertz CT molecular complexity index is 797. The molecule has 0 fully saturated rings. The van der Waals surface area contributed by atoms with Gasteiger partial charge in [0.25, 0.3) is 0 Å². The zero-order chi connectivity index (χ0) is 20.5. The molecule has 1 unspecified atom stereocenters. The van der Waals surface area contributed by atoms with E-state index in [1.54, 1.807) is 20.3 Å². The number of carbonyl (C=O) groups excluding carboxylic acids is 1. The van der Waals surface area contributed by atoms with E-state index in [9.17, 15) is 4.79 Å². The van der Waals surface area contributed by atoms with Crippen LogP contribution in [0.4, 0.5) is 0 Å². The Labute approximate surface area is 167 Å². The number of hydrogen-bond acceptors (Lipinski definition) is 4. The maximum Gasteiger partial charge on any atom is 0.244 e. The minimum Gasteiger partial charge on any atom is -0.497 e. The highest BCUT2D eigenvalue weighted by molar-refractivity contribution is 5.92. The van der Waals surface area contributed by atoms with Gasteiger partial charge in [0.05, 0.1) is 26.9 Å². The highest BCUT2D eigenvalue weighted by Crippen LogP contribution is 2.28. The molecule has 2 rings (SSSR count). The molecule has 1 amide bonds. The van der Waals surface area contributed by atoms with Crippen molar-refractivity contribution in [3.63, 3.8) is 0 Å². The lowest BCUT2D eigenvalue weighted by molar-refractivity contribution is -0.117. The van der Waals surface area contributed by atoms with Crippen molar-refractivity contribution in [3.8, 4) is 17.2 Å². The Balaban J connectivity index is 2.09. The van der Waals surface area contributed by atoms with Crippen LogP contribution in [0.2, 0.25) is 0 Å². The average molecular weight is 383 g/mol. The molecule has 1 N–H and O–H groups in total. The third kappa shape index (κ3) is 5.78. The maximum absolute atomic E-state index is 12.5. The van der Waals surface area contributed by atoms with Gasteiger partial charge in [-0.05, 0) is 54.3 Å². The number of ether oxygens (including phenoxy) is 3. The molecule has 1 atom stereocenters. The van der Waals surface area contributed by atoms with Crippen LogP contribution in [0.1, 0.15) is 37.9 Å². The number of amides is 1. The van der Waals surface area contributed by atoms with Crippen LogP contribution < -0.4 is 19.5 Å². The van der Waals surface area contributed by atoms with Crippen molar-refractivity contribution < 1.29 is 19.0 Å². The molecule has 150 valence electrons. The third-order valence-electron chi connectivity index (χ3n) is 4.35. The molecule has 0 heterocycles. The average Bonchev–Trinajstić information content (AvgIpc) is 2.71. The SMILES string of the molecule is CCOc1ccc(/C=C/C(=O)NC(c2ccc(OC)cc2)C(C)C)cc1OC. The van der Waals surface area contributed by atoms with Crippen molar-refractivity contribution >= 4 is 12.0 Å². The van der Waals surface area contributed by atoms with Crippen molar-refractivity contribution in [3.05, 3.63) is 59.7 Å². The van der Waals surface area contributed by atoms with Crippen molar-refractivity contribution in [2.75, 3.05) is 20.8 Å². The molecular weight excluding hydrogens is 354 g/mol. The van der Waals surface area contributed by atoms with Gasteiger partial charge in [-0.1, -0.05) is 32.0 Å². The van der Waals surface area contributed by atoms with Crippen LogP contribution in [0, 0.1) is 5.92 Å². The van der Waals surface area contributed by atoms with E-state index in [-0.39, 0.29) is 17.9 Å². The fourth-order valence-electron chi connectivity index (χ4n) is 2.88. The first-order valence-corrected chi connectivity index (χ1v) is 9.41. The van der Waals surface area contributed by atoms with Crippen LogP contribution in [0.5, 0.6) is 17.2 Å². The number of rotatable bonds is 9. The minimum absolute atomic E-state index is 0.0853. The number of methoxy groups -OCH3 is 2. The van der Waals surface area contributed by atoms with Crippen molar-refractivity contribution in [1.82, 2.24) is 5.32 Å². The second-order valence-corrected chi connectivity index (χ2v) is 6.68. The first kappa shape index (κ1) is 21.4. The van der Waals surface area contributed by atoms with Crippen molar-refractivity contribution in [1.29, 1.82) is 0 Å². The van der Waals surface area contributed by atoms with Gasteiger partial charge in [-0.15, -0.1) is 0 Å². The van der Waals surface area contributed by atoms with Crippen LogP contribution in [-0.2, 0) is 4.79 Å². The summed E-state index contributed by atoms with van der Waals surface area (Å²) in [5, 5.41) is 3.08. The van der Waals surface area contributed by atoms with Gasteiger partial charge in [-0.3, -0.25) is 4.79 Å². The molecule has 0 saturated carbocycles. The van der Waals surface area contributed by atoms with Crippen LogP contribution in [0.15, 0.2) is 48.5 Å². The predicted molar refractivity (Wildman–Crippen MR) is 112 cm³/mol. The third-order valence-corrected chi connectivity index (χ3v) is 4.35. The topological polar surface area (TPSA) is 56.8 Å². The summed E-state index contributed by atoms with van der Waals surface area (Å²) in [5.74, 6) is 2.22. The van der Waals surface area contributed by atoms with E-state index < -0.39 is 0 Å². The van der Waals surface area contributed by atoms with Gasteiger partial charge in [0.2, 0.25) is 5.91 Å². The second kappa shape index (κ2) is 10.4. The summed E-state index contributed by atoms with van der Waals surface area (Å²) in [7, 11) is 3.23. The van der Waals surface area contributed by atoms with Gasteiger partial charge in [0.1, 0.15) is 5.75 Å². The van der Waals surface area contributed by atoms with Crippen molar-refractivity contribution in [2.45, 2.75) is 26.8 Å². The van der Waals surface area contributed by atoms with E-state index in [1.807, 2.05) is 49.4 Å². The predicted octanol–water partition coefficient (Wildman–Crippen LogP) is 4.63. The van der Waals surface area contributed by atoms with Gasteiger partial charge in [-0.25, -0.2) is 0 Å². The summed E-state index contributed by atoms with van der Waals surface area (Å²) in [6.45, 7) is 6.65. The van der Waals surface area contributed by atoms with E-state index in [2.05, 4.69) is 19.2 Å². The summed E-state index contributed by atoms with van der Waals surface area (Å²) >= 11 is 0. The summed E-state index contributed by atoms with van der Waals surface area (Å²) in [5.41, 5.74) is 1.90. The molecule has 0 aliphatic heterocycles. The maximum atomic E-state index is 12.5. The molecule has 2 aromatic rings. The molecule has 2 aromatic carbocycles. The number of hydrogen-bond donors (Lipinski definition) is 1. The van der Waals surface area contributed by atoms with Gasteiger partial charge < -0.3 is 19.5 Å². The minimum atomic E-state index is -0.151. The molecule has 5 nitrogen and oxygen atoms in total. The van der Waals surface area contributed by atoms with E-state index in [0.717, 1.165) is 16.9 Å². The Morgan fingerprint density at radius 3 is 2.32 bits per heavy atom. The summed E-state index contributed by atoms with van der Waals surface area (Å²) in [4.78, 5) is 12.5. The smallest absolute Gasteiger partial charge is 0.244 e. The summed E-state index contributed by atoms with van der Waals surface area (Å²) < 4.78 is 16.1. The highest BCUT2D eigenvalue weighted by atomic mass is 16.5. The molecule has 0 radical (unpaired) electrons. The first-order valence-electron chi connectivity index (χ1n) is 9.41. The second-order valence-electron chi connectivity index (χ2n) is 6.68. The quantitative estimate of drug-likeness (QED) is 0.642. The molecule has 5 heteroatoms. The monoisotopic (exact) mass is 383 g/mol. The Morgan fingerprint density at radius 2 is 1.75 bits per heavy atom. The largest absolute Gasteiger partial charge is 0.497 e.